The maximum absolute atomic E-state index is 12.6. The summed E-state index contributed by atoms with van der Waals surface area (Å²) < 4.78 is 1.47. The molecule has 0 radical (unpaired) electrons. The van der Waals surface area contributed by atoms with Crippen LogP contribution in [0.3, 0.4) is 0 Å². The topological polar surface area (TPSA) is 58.4 Å². The third-order valence-electron chi connectivity index (χ3n) is 6.72. The molecule has 0 bridgehead atoms. The van der Waals surface area contributed by atoms with Crippen LogP contribution < -0.4 is 10.5 Å². The number of piperazine rings is 1. The van der Waals surface area contributed by atoms with Gasteiger partial charge >= 0.3 is 0 Å². The van der Waals surface area contributed by atoms with Crippen molar-refractivity contribution in [3.05, 3.63) is 51.8 Å². The largest absolute Gasteiger partial charge is 0.352 e. The molecule has 2 aromatic rings. The van der Waals surface area contributed by atoms with E-state index in [2.05, 4.69) is 16.9 Å². The fraction of sp³-hybridized carbons (Fsp3) is 0.542. The zero-order chi connectivity index (χ0) is 21.1. The van der Waals surface area contributed by atoms with Crippen LogP contribution in [0.4, 0.5) is 5.82 Å². The lowest BCUT2D eigenvalue weighted by Crippen LogP contribution is -2.49. The number of carbonyl (C=O) groups is 1. The smallest absolute Gasteiger partial charge is 0.271 e. The summed E-state index contributed by atoms with van der Waals surface area (Å²) in [4.78, 5) is 29.1. The molecular weight excluding hydrogens is 376 g/mol. The van der Waals surface area contributed by atoms with Crippen LogP contribution in [0.2, 0.25) is 0 Å². The molecule has 4 rings (SSSR count). The van der Waals surface area contributed by atoms with Gasteiger partial charge in [-0.1, -0.05) is 31.7 Å². The minimum absolute atomic E-state index is 0.136. The molecule has 2 heterocycles. The summed E-state index contributed by atoms with van der Waals surface area (Å²) in [7, 11) is 0. The van der Waals surface area contributed by atoms with Crippen LogP contribution in [0.25, 0.3) is 5.69 Å². The first kappa shape index (κ1) is 20.6. The van der Waals surface area contributed by atoms with Gasteiger partial charge in [-0.15, -0.1) is 5.10 Å². The number of rotatable bonds is 5. The quantitative estimate of drug-likeness (QED) is 0.760. The highest BCUT2D eigenvalue weighted by atomic mass is 16.2. The number of nitrogens with zero attached hydrogens (tertiary/aromatic N) is 4. The van der Waals surface area contributed by atoms with Crippen molar-refractivity contribution in [3.8, 4) is 5.69 Å². The van der Waals surface area contributed by atoms with Gasteiger partial charge in [0.1, 0.15) is 5.82 Å². The van der Waals surface area contributed by atoms with Gasteiger partial charge in [-0.05, 0) is 55.5 Å². The molecule has 2 fully saturated rings. The molecule has 6 heteroatoms. The van der Waals surface area contributed by atoms with Crippen LogP contribution in [-0.4, -0.2) is 46.8 Å². The number of anilines is 1. The molecule has 1 aromatic heterocycles. The summed E-state index contributed by atoms with van der Waals surface area (Å²) in [5, 5.41) is 4.62. The second kappa shape index (κ2) is 9.02. The molecule has 1 aromatic carbocycles. The van der Waals surface area contributed by atoms with Crippen molar-refractivity contribution in [1.82, 2.24) is 14.7 Å². The molecule has 1 aliphatic heterocycles. The number of benzene rings is 1. The molecule has 1 saturated carbocycles. The molecule has 6 nitrogen and oxygen atoms in total. The Morgan fingerprint density at radius 1 is 1.00 bits per heavy atom. The third kappa shape index (κ3) is 4.58. The molecule has 2 aliphatic rings. The number of carbonyl (C=O) groups excluding carboxylic acids is 1. The molecule has 0 unspecified atom stereocenters. The van der Waals surface area contributed by atoms with Crippen LogP contribution in [0.5, 0.6) is 0 Å². The molecule has 0 N–H and O–H groups in total. The summed E-state index contributed by atoms with van der Waals surface area (Å²) in [6.07, 6.45) is 6.97. The summed E-state index contributed by atoms with van der Waals surface area (Å²) in [5.41, 5.74) is 2.97. The highest BCUT2D eigenvalue weighted by Crippen LogP contribution is 2.28. The van der Waals surface area contributed by atoms with E-state index in [-0.39, 0.29) is 11.5 Å². The van der Waals surface area contributed by atoms with Crippen molar-refractivity contribution < 1.29 is 4.79 Å². The number of aromatic nitrogens is 2. The maximum Gasteiger partial charge on any atom is 0.271 e. The summed E-state index contributed by atoms with van der Waals surface area (Å²) in [5.74, 6) is 1.83. The Labute approximate surface area is 178 Å². The maximum atomic E-state index is 12.6. The minimum Gasteiger partial charge on any atom is -0.352 e. The van der Waals surface area contributed by atoms with Crippen LogP contribution in [-0.2, 0) is 4.79 Å². The summed E-state index contributed by atoms with van der Waals surface area (Å²) in [6.45, 7) is 7.01. The van der Waals surface area contributed by atoms with Crippen molar-refractivity contribution >= 4 is 11.7 Å². The zero-order valence-electron chi connectivity index (χ0n) is 18.1. The summed E-state index contributed by atoms with van der Waals surface area (Å²) in [6, 6.07) is 9.31. The molecule has 1 amide bonds. The Morgan fingerprint density at radius 2 is 1.73 bits per heavy atom. The highest BCUT2D eigenvalue weighted by Gasteiger charge is 2.24. The van der Waals surface area contributed by atoms with E-state index in [9.17, 15) is 9.59 Å². The van der Waals surface area contributed by atoms with Crippen LogP contribution in [0.15, 0.2) is 35.1 Å². The molecule has 0 spiro atoms. The Balaban J connectivity index is 1.39. The second-order valence-electron chi connectivity index (χ2n) is 8.77. The van der Waals surface area contributed by atoms with Gasteiger partial charge in [-0.3, -0.25) is 9.59 Å². The first-order valence-corrected chi connectivity index (χ1v) is 11.2. The SMILES string of the molecule is Cc1ccc(-n2nc(N3CCN(C(=O)CCC4CCCC4)CC3)ccc2=O)cc1C. The van der Waals surface area contributed by atoms with E-state index >= 15 is 0 Å². The van der Waals surface area contributed by atoms with E-state index in [1.54, 1.807) is 12.1 Å². The standard InChI is InChI=1S/C24H32N4O2/c1-18-7-9-21(17-19(18)2)28-24(30)12-10-22(25-28)26-13-15-27(16-14-26)23(29)11-8-20-5-3-4-6-20/h7,9-10,12,17,20H,3-6,8,11,13-16H2,1-2H3. The zero-order valence-corrected chi connectivity index (χ0v) is 18.1. The Bertz CT molecular complexity index is 954. The fourth-order valence-corrected chi connectivity index (χ4v) is 4.58. The van der Waals surface area contributed by atoms with Crippen LogP contribution >= 0.6 is 0 Å². The molecule has 30 heavy (non-hydrogen) atoms. The normalized spacial score (nSPS) is 17.5. The van der Waals surface area contributed by atoms with Gasteiger partial charge in [0.05, 0.1) is 5.69 Å². The average molecular weight is 409 g/mol. The van der Waals surface area contributed by atoms with Gasteiger partial charge < -0.3 is 9.80 Å². The van der Waals surface area contributed by atoms with Crippen molar-refractivity contribution in [2.24, 2.45) is 5.92 Å². The van der Waals surface area contributed by atoms with Crippen molar-refractivity contribution in [2.45, 2.75) is 52.4 Å². The minimum atomic E-state index is -0.136. The Hall–Kier alpha value is -2.63. The second-order valence-corrected chi connectivity index (χ2v) is 8.77. The van der Waals surface area contributed by atoms with Gasteiger partial charge in [0, 0.05) is 38.7 Å². The van der Waals surface area contributed by atoms with Crippen molar-refractivity contribution in [2.75, 3.05) is 31.1 Å². The Kier molecular flexibility index (Phi) is 6.21. The molecule has 1 saturated heterocycles. The molecule has 160 valence electrons. The monoisotopic (exact) mass is 408 g/mol. The molecule has 0 atom stereocenters. The predicted molar refractivity (Wildman–Crippen MR) is 119 cm³/mol. The number of aryl methyl sites for hydroxylation is 2. The number of amides is 1. The van der Waals surface area contributed by atoms with Gasteiger partial charge in [0.15, 0.2) is 0 Å². The van der Waals surface area contributed by atoms with E-state index < -0.39 is 0 Å². The van der Waals surface area contributed by atoms with E-state index in [1.165, 1.54) is 35.9 Å². The lowest BCUT2D eigenvalue weighted by atomic mass is 10.0. The molecule has 1 aliphatic carbocycles. The fourth-order valence-electron chi connectivity index (χ4n) is 4.58. The van der Waals surface area contributed by atoms with Gasteiger partial charge in [0.2, 0.25) is 5.91 Å². The van der Waals surface area contributed by atoms with Crippen LogP contribution in [0.1, 0.15) is 49.7 Å². The summed E-state index contributed by atoms with van der Waals surface area (Å²) >= 11 is 0. The Morgan fingerprint density at radius 3 is 2.43 bits per heavy atom. The number of hydrogen-bond donors (Lipinski definition) is 0. The van der Waals surface area contributed by atoms with Gasteiger partial charge in [-0.25, -0.2) is 0 Å². The van der Waals surface area contributed by atoms with E-state index in [0.717, 1.165) is 42.5 Å². The average Bonchev–Trinajstić information content (AvgIpc) is 3.28. The lowest BCUT2D eigenvalue weighted by molar-refractivity contribution is -0.131. The van der Waals surface area contributed by atoms with Gasteiger partial charge in [0.25, 0.3) is 5.56 Å². The lowest BCUT2D eigenvalue weighted by Gasteiger charge is -2.35. The van der Waals surface area contributed by atoms with Crippen molar-refractivity contribution in [3.63, 3.8) is 0 Å². The van der Waals surface area contributed by atoms with Crippen molar-refractivity contribution in [1.29, 1.82) is 0 Å². The highest BCUT2D eigenvalue weighted by molar-refractivity contribution is 5.76. The third-order valence-corrected chi connectivity index (χ3v) is 6.72. The van der Waals surface area contributed by atoms with Gasteiger partial charge in [-0.2, -0.15) is 4.68 Å². The van der Waals surface area contributed by atoms with Crippen LogP contribution in [0, 0.1) is 19.8 Å². The van der Waals surface area contributed by atoms with E-state index in [0.29, 0.717) is 19.5 Å². The predicted octanol–water partition coefficient (Wildman–Crippen LogP) is 3.47. The van der Waals surface area contributed by atoms with E-state index in [1.807, 2.05) is 30.0 Å². The van der Waals surface area contributed by atoms with E-state index in [4.69, 9.17) is 0 Å². The first-order valence-electron chi connectivity index (χ1n) is 11.2. The first-order chi connectivity index (χ1) is 14.5. The molecular formula is C24H32N4O2. The number of hydrogen-bond acceptors (Lipinski definition) is 4.